The van der Waals surface area contributed by atoms with E-state index in [2.05, 4.69) is 32.1 Å². The highest BCUT2D eigenvalue weighted by Crippen LogP contribution is 2.33. The number of aliphatic imine (C=N–C) groups is 1. The molecule has 1 amide bonds. The number of ether oxygens (including phenoxy) is 2. The van der Waals surface area contributed by atoms with Gasteiger partial charge < -0.3 is 14.8 Å². The molecule has 1 saturated heterocycles. The van der Waals surface area contributed by atoms with Crippen molar-refractivity contribution in [2.24, 2.45) is 10.9 Å². The Morgan fingerprint density at radius 2 is 1.97 bits per heavy atom. The van der Waals surface area contributed by atoms with Crippen LogP contribution in [0, 0.1) is 11.3 Å². The maximum absolute atomic E-state index is 12.7. The predicted molar refractivity (Wildman–Crippen MR) is 135 cm³/mol. The monoisotopic (exact) mass is 532 g/mol. The number of nitrogens with one attached hydrogen (secondary N) is 4. The van der Waals surface area contributed by atoms with E-state index in [0.29, 0.717) is 28.2 Å². The molecule has 0 aromatic heterocycles. The largest absolute Gasteiger partial charge is 0.497 e. The average molecular weight is 533 g/mol. The van der Waals surface area contributed by atoms with Crippen LogP contribution in [0.2, 0.25) is 0 Å². The summed E-state index contributed by atoms with van der Waals surface area (Å²) >= 11 is 4.74. The van der Waals surface area contributed by atoms with Gasteiger partial charge in [-0.2, -0.15) is 0 Å². The minimum absolute atomic E-state index is 0.0570. The molecule has 33 heavy (non-hydrogen) atoms. The Morgan fingerprint density at radius 1 is 1.21 bits per heavy atom. The Hall–Kier alpha value is -2.60. The number of hydrogen-bond acceptors (Lipinski definition) is 8. The molecular formula is C22H25BrN6O3S. The van der Waals surface area contributed by atoms with E-state index in [4.69, 9.17) is 19.9 Å². The number of halogens is 1. The van der Waals surface area contributed by atoms with Crippen LogP contribution in [0.15, 0.2) is 51.9 Å². The molecule has 174 valence electrons. The second-order valence-corrected chi connectivity index (χ2v) is 9.42. The van der Waals surface area contributed by atoms with E-state index in [-0.39, 0.29) is 29.8 Å². The lowest BCUT2D eigenvalue weighted by Gasteiger charge is -2.35. The van der Waals surface area contributed by atoms with E-state index in [1.807, 2.05) is 36.1 Å². The Morgan fingerprint density at radius 3 is 2.67 bits per heavy atom. The van der Waals surface area contributed by atoms with Crippen LogP contribution in [0.4, 0.5) is 11.4 Å². The van der Waals surface area contributed by atoms with Gasteiger partial charge in [-0.15, -0.1) is 0 Å². The van der Waals surface area contributed by atoms with Crippen LogP contribution in [0.1, 0.15) is 6.92 Å². The van der Waals surface area contributed by atoms with Crippen molar-refractivity contribution in [3.63, 3.8) is 0 Å². The van der Waals surface area contributed by atoms with E-state index >= 15 is 0 Å². The van der Waals surface area contributed by atoms with Gasteiger partial charge in [-0.3, -0.25) is 20.5 Å². The van der Waals surface area contributed by atoms with Gasteiger partial charge in [0.25, 0.3) is 0 Å². The molecular weight excluding hydrogens is 508 g/mol. The van der Waals surface area contributed by atoms with E-state index in [1.54, 1.807) is 25.3 Å². The summed E-state index contributed by atoms with van der Waals surface area (Å²) in [6.07, 6.45) is -0.258. The second kappa shape index (κ2) is 10.1. The van der Waals surface area contributed by atoms with Gasteiger partial charge in [-0.25, -0.2) is 10.4 Å². The third-order valence-electron chi connectivity index (χ3n) is 5.44. The molecule has 0 aliphatic carbocycles. The first-order valence-electron chi connectivity index (χ1n) is 10.3. The molecule has 3 unspecified atom stereocenters. The van der Waals surface area contributed by atoms with Crippen molar-refractivity contribution in [2.45, 2.75) is 19.1 Å². The van der Waals surface area contributed by atoms with Crippen LogP contribution in [0.5, 0.6) is 11.5 Å². The fourth-order valence-corrected chi connectivity index (χ4v) is 4.87. The maximum Gasteiger partial charge on any atom is 0.234 e. The zero-order valence-corrected chi connectivity index (χ0v) is 20.8. The summed E-state index contributed by atoms with van der Waals surface area (Å²) < 4.78 is 11.5. The van der Waals surface area contributed by atoms with Gasteiger partial charge in [-0.1, -0.05) is 27.7 Å². The predicted octanol–water partition coefficient (Wildman–Crippen LogP) is 3.43. The lowest BCUT2D eigenvalue weighted by molar-refractivity contribution is -0.113. The number of rotatable bonds is 6. The van der Waals surface area contributed by atoms with Crippen LogP contribution in [0.25, 0.3) is 0 Å². The van der Waals surface area contributed by atoms with Crippen molar-refractivity contribution in [1.29, 1.82) is 5.41 Å². The highest BCUT2D eigenvalue weighted by Gasteiger charge is 2.43. The van der Waals surface area contributed by atoms with Crippen molar-refractivity contribution in [1.82, 2.24) is 10.9 Å². The number of carbonyl (C=O) groups is 1. The van der Waals surface area contributed by atoms with Gasteiger partial charge >= 0.3 is 0 Å². The third-order valence-corrected chi connectivity index (χ3v) is 6.92. The number of hydrogen-bond donors (Lipinski definition) is 4. The SMILES string of the molecule is COc1ccc(NC(=O)CSC2=NC3NNC(C)C3C(=N)N2c2ccc(Br)cc2)c(OC)c1. The fraction of sp³-hybridized carbons (Fsp3) is 0.318. The smallest absolute Gasteiger partial charge is 0.234 e. The quantitative estimate of drug-likeness (QED) is 0.450. The molecule has 2 aliphatic rings. The normalized spacial score (nSPS) is 21.9. The number of carbonyl (C=O) groups excluding carboxylic acids is 1. The van der Waals surface area contributed by atoms with Crippen LogP contribution >= 0.6 is 27.7 Å². The summed E-state index contributed by atoms with van der Waals surface area (Å²) in [7, 11) is 3.11. The molecule has 0 saturated carbocycles. The summed E-state index contributed by atoms with van der Waals surface area (Å²) in [6, 6.07) is 13.0. The van der Waals surface area contributed by atoms with Gasteiger partial charge in [-0.05, 0) is 43.3 Å². The number of benzene rings is 2. The van der Waals surface area contributed by atoms with Gasteiger partial charge in [0.05, 0.1) is 31.6 Å². The molecule has 0 spiro atoms. The number of amides is 1. The zero-order chi connectivity index (χ0) is 23.5. The molecule has 0 bridgehead atoms. The average Bonchev–Trinajstić information content (AvgIpc) is 3.19. The Bertz CT molecular complexity index is 1080. The molecule has 3 atom stereocenters. The summed E-state index contributed by atoms with van der Waals surface area (Å²) in [5.74, 6) is 1.38. The standard InChI is InChI=1S/C22H25BrN6O3S/c1-12-19-20(24)29(14-6-4-13(23)5-7-14)22(26-21(19)28-27-12)33-11-18(30)25-16-9-8-15(31-2)10-17(16)32-3/h4-10,12,19,21,24,27-28H,11H2,1-3H3,(H,25,30). The minimum atomic E-state index is -0.258. The molecule has 4 N–H and O–H groups in total. The van der Waals surface area contributed by atoms with Crippen molar-refractivity contribution in [3.05, 3.63) is 46.9 Å². The molecule has 0 radical (unpaired) electrons. The Kier molecular flexibility index (Phi) is 7.23. The van der Waals surface area contributed by atoms with Gasteiger partial charge in [0.2, 0.25) is 5.91 Å². The molecule has 2 aromatic carbocycles. The summed E-state index contributed by atoms with van der Waals surface area (Å²) in [5.41, 5.74) is 7.70. The molecule has 4 rings (SSSR count). The number of anilines is 2. The van der Waals surface area contributed by atoms with E-state index in [0.717, 1.165) is 10.2 Å². The topological polar surface area (TPSA) is 111 Å². The molecule has 1 fully saturated rings. The van der Waals surface area contributed by atoms with Crippen LogP contribution in [0.3, 0.4) is 0 Å². The van der Waals surface area contributed by atoms with Gasteiger partial charge in [0, 0.05) is 22.3 Å². The maximum atomic E-state index is 12.7. The van der Waals surface area contributed by atoms with Crippen LogP contribution in [-0.4, -0.2) is 49.1 Å². The van der Waals surface area contributed by atoms with Gasteiger partial charge in [0.15, 0.2) is 5.17 Å². The van der Waals surface area contributed by atoms with E-state index < -0.39 is 0 Å². The first kappa shape index (κ1) is 23.6. The molecule has 9 nitrogen and oxygen atoms in total. The number of fused-ring (bicyclic) bond motifs is 1. The minimum Gasteiger partial charge on any atom is -0.497 e. The number of amidine groups is 2. The Labute approximate surface area is 204 Å². The second-order valence-electron chi connectivity index (χ2n) is 7.56. The summed E-state index contributed by atoms with van der Waals surface area (Å²) in [4.78, 5) is 19.4. The Balaban J connectivity index is 1.52. The molecule has 2 heterocycles. The lowest BCUT2D eigenvalue weighted by Crippen LogP contribution is -2.50. The number of nitrogens with zero attached hydrogens (tertiary/aromatic N) is 2. The van der Waals surface area contributed by atoms with Crippen molar-refractivity contribution in [2.75, 3.05) is 30.2 Å². The highest BCUT2D eigenvalue weighted by atomic mass is 79.9. The molecule has 2 aromatic rings. The zero-order valence-electron chi connectivity index (χ0n) is 18.4. The molecule has 11 heteroatoms. The van der Waals surface area contributed by atoms with Crippen LogP contribution < -0.4 is 30.5 Å². The summed E-state index contributed by atoms with van der Waals surface area (Å²) in [5, 5.41) is 12.4. The first-order chi connectivity index (χ1) is 15.9. The van der Waals surface area contributed by atoms with Gasteiger partial charge in [0.1, 0.15) is 23.5 Å². The van der Waals surface area contributed by atoms with Crippen molar-refractivity contribution in [3.8, 4) is 11.5 Å². The fourth-order valence-electron chi connectivity index (χ4n) is 3.76. The highest BCUT2D eigenvalue weighted by molar-refractivity contribution is 9.10. The van der Waals surface area contributed by atoms with E-state index in [1.165, 1.54) is 18.9 Å². The third kappa shape index (κ3) is 5.01. The number of hydrazine groups is 1. The summed E-state index contributed by atoms with van der Waals surface area (Å²) in [6.45, 7) is 2.02. The number of methoxy groups -OCH3 is 2. The number of thioether (sulfide) groups is 1. The molecule has 2 aliphatic heterocycles. The van der Waals surface area contributed by atoms with Crippen molar-refractivity contribution >= 4 is 56.0 Å². The van der Waals surface area contributed by atoms with Crippen LogP contribution in [-0.2, 0) is 4.79 Å². The van der Waals surface area contributed by atoms with Crippen molar-refractivity contribution < 1.29 is 14.3 Å². The lowest BCUT2D eigenvalue weighted by atomic mass is 9.97. The first-order valence-corrected chi connectivity index (χ1v) is 12.1. The van der Waals surface area contributed by atoms with E-state index in [9.17, 15) is 4.79 Å².